The molecule has 1 unspecified atom stereocenters. The fraction of sp³-hybridized carbons (Fsp3) is 0.444. The average molecular weight is 303 g/mol. The van der Waals surface area contributed by atoms with Crippen molar-refractivity contribution in [2.24, 2.45) is 5.92 Å². The second-order valence-corrected chi connectivity index (χ2v) is 6.90. The Labute approximate surface area is 132 Å². The number of thiophene rings is 1. The van der Waals surface area contributed by atoms with Gasteiger partial charge < -0.3 is 10.1 Å². The smallest absolute Gasteiger partial charge is 0.119 e. The molecule has 2 aromatic rings. The molecule has 2 rings (SSSR count). The Balaban J connectivity index is 1.87. The van der Waals surface area contributed by atoms with Crippen LogP contribution in [0.4, 0.5) is 0 Å². The van der Waals surface area contributed by atoms with Crippen LogP contribution in [0.1, 0.15) is 42.8 Å². The monoisotopic (exact) mass is 303 g/mol. The summed E-state index contributed by atoms with van der Waals surface area (Å²) in [6, 6.07) is 10.9. The van der Waals surface area contributed by atoms with Gasteiger partial charge in [-0.15, -0.1) is 11.3 Å². The molecule has 0 saturated carbocycles. The van der Waals surface area contributed by atoms with Crippen LogP contribution in [0.25, 0.3) is 0 Å². The minimum absolute atomic E-state index is 0.339. The maximum Gasteiger partial charge on any atom is 0.119 e. The maximum atomic E-state index is 5.72. The molecule has 21 heavy (non-hydrogen) atoms. The SMILES string of the molecule is Cc1ccsc1CNC(C)c1ccc(OCC(C)C)cc1. The van der Waals surface area contributed by atoms with Gasteiger partial charge in [0.2, 0.25) is 0 Å². The fourth-order valence-corrected chi connectivity index (χ4v) is 2.92. The summed E-state index contributed by atoms with van der Waals surface area (Å²) in [7, 11) is 0. The molecule has 0 aliphatic rings. The van der Waals surface area contributed by atoms with E-state index in [0.717, 1.165) is 18.9 Å². The van der Waals surface area contributed by atoms with E-state index in [-0.39, 0.29) is 0 Å². The molecule has 1 N–H and O–H groups in total. The Hall–Kier alpha value is -1.32. The molecular weight excluding hydrogens is 278 g/mol. The fourth-order valence-electron chi connectivity index (χ4n) is 2.06. The lowest BCUT2D eigenvalue weighted by Gasteiger charge is -2.15. The molecule has 0 aliphatic carbocycles. The van der Waals surface area contributed by atoms with Crippen molar-refractivity contribution in [3.05, 3.63) is 51.7 Å². The molecule has 0 aliphatic heterocycles. The number of aryl methyl sites for hydroxylation is 1. The number of hydrogen-bond acceptors (Lipinski definition) is 3. The van der Waals surface area contributed by atoms with E-state index in [2.05, 4.69) is 68.7 Å². The van der Waals surface area contributed by atoms with Crippen LogP contribution in [0.5, 0.6) is 5.75 Å². The van der Waals surface area contributed by atoms with Crippen molar-refractivity contribution in [2.45, 2.75) is 40.3 Å². The highest BCUT2D eigenvalue weighted by molar-refractivity contribution is 7.10. The third-order valence-corrected chi connectivity index (χ3v) is 4.52. The molecule has 0 amide bonds. The van der Waals surface area contributed by atoms with Gasteiger partial charge in [0.05, 0.1) is 6.61 Å². The van der Waals surface area contributed by atoms with Crippen molar-refractivity contribution in [1.82, 2.24) is 5.32 Å². The lowest BCUT2D eigenvalue weighted by Crippen LogP contribution is -2.17. The number of benzene rings is 1. The number of hydrogen-bond donors (Lipinski definition) is 1. The van der Waals surface area contributed by atoms with Crippen molar-refractivity contribution in [2.75, 3.05) is 6.61 Å². The van der Waals surface area contributed by atoms with Crippen LogP contribution in [0.2, 0.25) is 0 Å². The number of rotatable bonds is 7. The van der Waals surface area contributed by atoms with Crippen molar-refractivity contribution in [3.63, 3.8) is 0 Å². The van der Waals surface area contributed by atoms with E-state index in [1.165, 1.54) is 16.0 Å². The average Bonchev–Trinajstić information content (AvgIpc) is 2.88. The number of ether oxygens (including phenoxy) is 1. The maximum absolute atomic E-state index is 5.72. The summed E-state index contributed by atoms with van der Waals surface area (Å²) in [5.74, 6) is 1.51. The van der Waals surface area contributed by atoms with E-state index in [1.54, 1.807) is 0 Å². The zero-order valence-corrected chi connectivity index (χ0v) is 14.2. The first-order valence-electron chi connectivity index (χ1n) is 7.55. The van der Waals surface area contributed by atoms with Gasteiger partial charge in [-0.3, -0.25) is 0 Å². The highest BCUT2D eigenvalue weighted by Gasteiger charge is 2.07. The molecule has 3 heteroatoms. The third kappa shape index (κ3) is 4.87. The zero-order valence-electron chi connectivity index (χ0n) is 13.3. The Morgan fingerprint density at radius 3 is 2.38 bits per heavy atom. The first-order valence-corrected chi connectivity index (χ1v) is 8.43. The highest BCUT2D eigenvalue weighted by Crippen LogP contribution is 2.20. The van der Waals surface area contributed by atoms with Crippen molar-refractivity contribution in [1.29, 1.82) is 0 Å². The summed E-state index contributed by atoms with van der Waals surface area (Å²) < 4.78 is 5.72. The molecule has 114 valence electrons. The first kappa shape index (κ1) is 16.1. The summed E-state index contributed by atoms with van der Waals surface area (Å²) in [5, 5.41) is 5.73. The van der Waals surface area contributed by atoms with Gasteiger partial charge in [0.15, 0.2) is 0 Å². The van der Waals surface area contributed by atoms with Crippen molar-refractivity contribution >= 4 is 11.3 Å². The van der Waals surface area contributed by atoms with E-state index in [0.29, 0.717) is 12.0 Å². The van der Waals surface area contributed by atoms with E-state index in [1.807, 2.05) is 11.3 Å². The molecule has 1 atom stereocenters. The lowest BCUT2D eigenvalue weighted by atomic mass is 10.1. The van der Waals surface area contributed by atoms with Gasteiger partial charge in [-0.25, -0.2) is 0 Å². The molecule has 2 nitrogen and oxygen atoms in total. The summed E-state index contributed by atoms with van der Waals surface area (Å²) >= 11 is 1.82. The number of nitrogens with one attached hydrogen (secondary N) is 1. The molecule has 1 heterocycles. The van der Waals surface area contributed by atoms with Crippen LogP contribution in [-0.4, -0.2) is 6.61 Å². The van der Waals surface area contributed by atoms with E-state index >= 15 is 0 Å². The van der Waals surface area contributed by atoms with E-state index < -0.39 is 0 Å². The lowest BCUT2D eigenvalue weighted by molar-refractivity contribution is 0.271. The van der Waals surface area contributed by atoms with Gasteiger partial charge in [-0.05, 0) is 54.5 Å². The summed E-state index contributed by atoms with van der Waals surface area (Å²) in [6.45, 7) is 10.4. The molecule has 0 bridgehead atoms. The van der Waals surface area contributed by atoms with Gasteiger partial charge in [-0.2, -0.15) is 0 Å². The summed E-state index contributed by atoms with van der Waals surface area (Å²) in [4.78, 5) is 1.42. The second-order valence-electron chi connectivity index (χ2n) is 5.90. The highest BCUT2D eigenvalue weighted by atomic mass is 32.1. The minimum Gasteiger partial charge on any atom is -0.493 e. The largest absolute Gasteiger partial charge is 0.493 e. The van der Waals surface area contributed by atoms with Gasteiger partial charge in [0.1, 0.15) is 5.75 Å². The molecular formula is C18H25NOS. The summed E-state index contributed by atoms with van der Waals surface area (Å²) in [6.07, 6.45) is 0. The first-order chi connectivity index (χ1) is 10.1. The predicted molar refractivity (Wildman–Crippen MR) is 91.1 cm³/mol. The standard InChI is InChI=1S/C18H25NOS/c1-13(2)12-20-17-7-5-16(6-8-17)15(4)19-11-18-14(3)9-10-21-18/h5-10,13,15,19H,11-12H2,1-4H3. The van der Waals surface area contributed by atoms with Crippen LogP contribution in [-0.2, 0) is 6.54 Å². The van der Waals surface area contributed by atoms with Crippen molar-refractivity contribution in [3.8, 4) is 5.75 Å². The zero-order chi connectivity index (χ0) is 15.2. The van der Waals surface area contributed by atoms with Crippen LogP contribution >= 0.6 is 11.3 Å². The van der Waals surface area contributed by atoms with Crippen LogP contribution in [0.15, 0.2) is 35.7 Å². The van der Waals surface area contributed by atoms with Gasteiger partial charge in [0.25, 0.3) is 0 Å². The molecule has 0 saturated heterocycles. The van der Waals surface area contributed by atoms with Gasteiger partial charge in [-0.1, -0.05) is 26.0 Å². The van der Waals surface area contributed by atoms with Crippen LogP contribution in [0.3, 0.4) is 0 Å². The van der Waals surface area contributed by atoms with E-state index in [9.17, 15) is 0 Å². The van der Waals surface area contributed by atoms with Gasteiger partial charge in [0, 0.05) is 17.5 Å². The molecule has 1 aromatic carbocycles. The molecule has 1 aromatic heterocycles. The minimum atomic E-state index is 0.339. The van der Waals surface area contributed by atoms with Gasteiger partial charge >= 0.3 is 0 Å². The van der Waals surface area contributed by atoms with Crippen molar-refractivity contribution < 1.29 is 4.74 Å². The quantitative estimate of drug-likeness (QED) is 0.782. The molecule has 0 spiro atoms. The van der Waals surface area contributed by atoms with Crippen LogP contribution < -0.4 is 10.1 Å². The second kappa shape index (κ2) is 7.62. The Bertz CT molecular complexity index is 545. The Morgan fingerprint density at radius 2 is 1.81 bits per heavy atom. The van der Waals surface area contributed by atoms with Crippen LogP contribution in [0, 0.1) is 12.8 Å². The molecule has 0 fully saturated rings. The predicted octanol–water partition coefficient (Wildman–Crippen LogP) is 4.94. The topological polar surface area (TPSA) is 21.3 Å². The third-order valence-electron chi connectivity index (χ3n) is 3.50. The normalized spacial score (nSPS) is 12.6. The molecule has 0 radical (unpaired) electrons. The Morgan fingerprint density at radius 1 is 1.10 bits per heavy atom. The van der Waals surface area contributed by atoms with E-state index in [4.69, 9.17) is 4.74 Å². The summed E-state index contributed by atoms with van der Waals surface area (Å²) in [5.41, 5.74) is 2.67. The Kier molecular flexibility index (Phi) is 5.83.